The molecule has 0 radical (unpaired) electrons. The van der Waals surface area contributed by atoms with Crippen molar-refractivity contribution in [2.75, 3.05) is 5.32 Å². The lowest BCUT2D eigenvalue weighted by Crippen LogP contribution is -2.13. The highest BCUT2D eigenvalue weighted by molar-refractivity contribution is 9.10. The standard InChI is InChI=1S/C15H12BrNO4/c1-8-5-6-9(7-11(8)16)14(19)17-12-4-2-3-10(13(12)18)15(20)21/h2-7,18H,1H3,(H,17,19)(H,20,21). The first-order chi connectivity index (χ1) is 9.90. The van der Waals surface area contributed by atoms with Crippen LogP contribution in [0.4, 0.5) is 5.69 Å². The number of nitrogens with one attached hydrogen (secondary N) is 1. The van der Waals surface area contributed by atoms with Gasteiger partial charge in [0.05, 0.1) is 5.69 Å². The molecule has 0 spiro atoms. The molecule has 0 saturated heterocycles. The molecule has 0 unspecified atom stereocenters. The normalized spacial score (nSPS) is 10.2. The first-order valence-electron chi connectivity index (χ1n) is 6.03. The second-order valence-electron chi connectivity index (χ2n) is 4.42. The fourth-order valence-electron chi connectivity index (χ4n) is 1.75. The van der Waals surface area contributed by atoms with Crippen LogP contribution >= 0.6 is 15.9 Å². The van der Waals surface area contributed by atoms with Gasteiger partial charge in [0.2, 0.25) is 0 Å². The Morgan fingerprint density at radius 3 is 2.52 bits per heavy atom. The number of aryl methyl sites for hydroxylation is 1. The van der Waals surface area contributed by atoms with E-state index in [9.17, 15) is 14.7 Å². The Kier molecular flexibility index (Phi) is 4.28. The van der Waals surface area contributed by atoms with E-state index < -0.39 is 17.6 Å². The second-order valence-corrected chi connectivity index (χ2v) is 5.28. The number of halogens is 1. The van der Waals surface area contributed by atoms with Crippen LogP contribution in [0.1, 0.15) is 26.3 Å². The van der Waals surface area contributed by atoms with Crippen LogP contribution in [0.25, 0.3) is 0 Å². The van der Waals surface area contributed by atoms with E-state index in [0.717, 1.165) is 10.0 Å². The molecule has 2 rings (SSSR count). The number of carbonyl (C=O) groups excluding carboxylic acids is 1. The maximum atomic E-state index is 12.1. The van der Waals surface area contributed by atoms with Crippen LogP contribution in [0.15, 0.2) is 40.9 Å². The van der Waals surface area contributed by atoms with E-state index in [1.54, 1.807) is 18.2 Å². The van der Waals surface area contributed by atoms with E-state index in [0.29, 0.717) is 5.56 Å². The van der Waals surface area contributed by atoms with Crippen LogP contribution in [0, 0.1) is 6.92 Å². The summed E-state index contributed by atoms with van der Waals surface area (Å²) in [5.41, 5.74) is 1.17. The molecule has 21 heavy (non-hydrogen) atoms. The van der Waals surface area contributed by atoms with E-state index in [1.807, 2.05) is 6.92 Å². The average Bonchev–Trinajstić information content (AvgIpc) is 2.43. The van der Waals surface area contributed by atoms with E-state index in [-0.39, 0.29) is 11.3 Å². The number of hydrogen-bond donors (Lipinski definition) is 3. The Morgan fingerprint density at radius 2 is 1.90 bits per heavy atom. The minimum atomic E-state index is -1.26. The quantitative estimate of drug-likeness (QED) is 0.741. The number of carbonyl (C=O) groups is 2. The summed E-state index contributed by atoms with van der Waals surface area (Å²) in [5.74, 6) is -2.17. The summed E-state index contributed by atoms with van der Waals surface area (Å²) >= 11 is 3.34. The third kappa shape index (κ3) is 3.22. The van der Waals surface area contributed by atoms with Gasteiger partial charge in [-0.25, -0.2) is 4.79 Å². The molecule has 2 aromatic rings. The molecule has 2 aromatic carbocycles. The van der Waals surface area contributed by atoms with Gasteiger partial charge < -0.3 is 15.5 Å². The van der Waals surface area contributed by atoms with E-state index in [1.165, 1.54) is 18.2 Å². The molecule has 0 heterocycles. The molecular weight excluding hydrogens is 338 g/mol. The number of para-hydroxylation sites is 1. The van der Waals surface area contributed by atoms with Crippen molar-refractivity contribution in [3.8, 4) is 5.75 Å². The molecule has 0 saturated carbocycles. The van der Waals surface area contributed by atoms with Crippen molar-refractivity contribution in [2.24, 2.45) is 0 Å². The van der Waals surface area contributed by atoms with Crippen LogP contribution in [0.3, 0.4) is 0 Å². The average molecular weight is 350 g/mol. The first-order valence-corrected chi connectivity index (χ1v) is 6.82. The highest BCUT2D eigenvalue weighted by Crippen LogP contribution is 2.28. The third-order valence-corrected chi connectivity index (χ3v) is 3.80. The summed E-state index contributed by atoms with van der Waals surface area (Å²) in [6.45, 7) is 1.90. The van der Waals surface area contributed by atoms with Gasteiger partial charge in [-0.2, -0.15) is 0 Å². The maximum absolute atomic E-state index is 12.1. The number of carboxylic acid groups (broad SMARTS) is 1. The fraction of sp³-hybridized carbons (Fsp3) is 0.0667. The smallest absolute Gasteiger partial charge is 0.339 e. The molecule has 1 amide bonds. The molecule has 0 bridgehead atoms. The van der Waals surface area contributed by atoms with Gasteiger partial charge in [-0.15, -0.1) is 0 Å². The Labute approximate surface area is 129 Å². The van der Waals surface area contributed by atoms with Crippen molar-refractivity contribution in [3.63, 3.8) is 0 Å². The molecule has 108 valence electrons. The zero-order chi connectivity index (χ0) is 15.6. The molecule has 0 aliphatic rings. The van der Waals surface area contributed by atoms with E-state index >= 15 is 0 Å². The predicted molar refractivity (Wildman–Crippen MR) is 81.9 cm³/mol. The number of benzene rings is 2. The van der Waals surface area contributed by atoms with Gasteiger partial charge in [0, 0.05) is 10.0 Å². The molecule has 0 aromatic heterocycles. The zero-order valence-electron chi connectivity index (χ0n) is 11.1. The molecule has 0 aliphatic carbocycles. The monoisotopic (exact) mass is 349 g/mol. The lowest BCUT2D eigenvalue weighted by Gasteiger charge is -2.09. The van der Waals surface area contributed by atoms with Crippen LogP contribution in [-0.4, -0.2) is 22.1 Å². The molecular formula is C15H12BrNO4. The number of hydrogen-bond acceptors (Lipinski definition) is 3. The topological polar surface area (TPSA) is 86.6 Å². The van der Waals surface area contributed by atoms with Crippen molar-refractivity contribution in [1.82, 2.24) is 0 Å². The SMILES string of the molecule is Cc1ccc(C(=O)Nc2cccc(C(=O)O)c2O)cc1Br. The number of rotatable bonds is 3. The van der Waals surface area contributed by atoms with Crippen molar-refractivity contribution < 1.29 is 19.8 Å². The number of carboxylic acids is 1. The van der Waals surface area contributed by atoms with Crippen molar-refractivity contribution >= 4 is 33.5 Å². The first kappa shape index (κ1) is 15.1. The van der Waals surface area contributed by atoms with Crippen LogP contribution in [-0.2, 0) is 0 Å². The Morgan fingerprint density at radius 1 is 1.19 bits per heavy atom. The lowest BCUT2D eigenvalue weighted by atomic mass is 10.1. The number of aromatic hydroxyl groups is 1. The fourth-order valence-corrected chi connectivity index (χ4v) is 2.12. The minimum Gasteiger partial charge on any atom is -0.505 e. The van der Waals surface area contributed by atoms with E-state index in [2.05, 4.69) is 21.2 Å². The molecule has 0 atom stereocenters. The minimum absolute atomic E-state index is 0.0524. The lowest BCUT2D eigenvalue weighted by molar-refractivity contribution is 0.0693. The summed E-state index contributed by atoms with van der Waals surface area (Å²) < 4.78 is 0.790. The summed E-state index contributed by atoms with van der Waals surface area (Å²) in [4.78, 5) is 23.1. The molecule has 6 heteroatoms. The number of anilines is 1. The summed E-state index contributed by atoms with van der Waals surface area (Å²) in [6, 6.07) is 9.23. The van der Waals surface area contributed by atoms with Gasteiger partial charge in [-0.1, -0.05) is 28.1 Å². The maximum Gasteiger partial charge on any atom is 0.339 e. The largest absolute Gasteiger partial charge is 0.505 e. The van der Waals surface area contributed by atoms with Gasteiger partial charge in [-0.3, -0.25) is 4.79 Å². The van der Waals surface area contributed by atoms with Crippen molar-refractivity contribution in [3.05, 3.63) is 57.6 Å². The van der Waals surface area contributed by atoms with Gasteiger partial charge in [-0.05, 0) is 36.8 Å². The van der Waals surface area contributed by atoms with Crippen molar-refractivity contribution in [1.29, 1.82) is 0 Å². The summed E-state index contributed by atoms with van der Waals surface area (Å²) in [6.07, 6.45) is 0. The number of phenols is 1. The van der Waals surface area contributed by atoms with Crippen LogP contribution < -0.4 is 5.32 Å². The zero-order valence-corrected chi connectivity index (χ0v) is 12.6. The second kappa shape index (κ2) is 5.97. The molecule has 0 aliphatic heterocycles. The predicted octanol–water partition coefficient (Wildman–Crippen LogP) is 3.41. The summed E-state index contributed by atoms with van der Waals surface area (Å²) in [7, 11) is 0. The highest BCUT2D eigenvalue weighted by Gasteiger charge is 2.15. The third-order valence-electron chi connectivity index (χ3n) is 2.95. The van der Waals surface area contributed by atoms with Gasteiger partial charge in [0.25, 0.3) is 5.91 Å². The number of amides is 1. The van der Waals surface area contributed by atoms with Crippen LogP contribution in [0.5, 0.6) is 5.75 Å². The van der Waals surface area contributed by atoms with E-state index in [4.69, 9.17) is 5.11 Å². The van der Waals surface area contributed by atoms with Gasteiger partial charge in [0.15, 0.2) is 5.75 Å². The Hall–Kier alpha value is -2.34. The Balaban J connectivity index is 2.29. The molecule has 0 fully saturated rings. The van der Waals surface area contributed by atoms with Crippen LogP contribution in [0.2, 0.25) is 0 Å². The number of aromatic carboxylic acids is 1. The molecule has 5 nitrogen and oxygen atoms in total. The van der Waals surface area contributed by atoms with Gasteiger partial charge >= 0.3 is 5.97 Å². The Bertz CT molecular complexity index is 728. The highest BCUT2D eigenvalue weighted by atomic mass is 79.9. The van der Waals surface area contributed by atoms with Crippen molar-refractivity contribution in [2.45, 2.75) is 6.92 Å². The summed E-state index contributed by atoms with van der Waals surface area (Å²) in [5, 5.41) is 21.3. The van der Waals surface area contributed by atoms with Gasteiger partial charge in [0.1, 0.15) is 5.56 Å². The molecule has 3 N–H and O–H groups in total.